The summed E-state index contributed by atoms with van der Waals surface area (Å²) < 4.78 is 67.1. The van der Waals surface area contributed by atoms with E-state index < -0.39 is 25.9 Å². The Hall–Kier alpha value is -3.13. The number of aromatic nitrogens is 1. The topological polar surface area (TPSA) is 111 Å². The number of sulfonamides is 2. The van der Waals surface area contributed by atoms with Crippen LogP contribution in [0, 0.1) is 5.82 Å². The highest BCUT2D eigenvalue weighted by Gasteiger charge is 2.33. The molecule has 3 heterocycles. The van der Waals surface area contributed by atoms with Crippen molar-refractivity contribution >= 4 is 42.5 Å². The van der Waals surface area contributed by atoms with Crippen LogP contribution in [-0.2, 0) is 20.0 Å². The molecule has 2 aliphatic rings. The molecule has 0 atom stereocenters. The molecule has 2 fully saturated rings. The van der Waals surface area contributed by atoms with Crippen LogP contribution >= 0.6 is 0 Å². The summed E-state index contributed by atoms with van der Waals surface area (Å²) in [4.78, 5) is 21.7. The fraction of sp³-hybridized carbons (Fsp3) is 0.360. The van der Waals surface area contributed by atoms with Crippen molar-refractivity contribution in [3.8, 4) is 0 Å². The number of carbonyl (C=O) groups excluding carboxylic acids is 1. The lowest BCUT2D eigenvalue weighted by Crippen LogP contribution is -2.51. The first-order valence-corrected chi connectivity index (χ1v) is 15.5. The third-order valence-corrected chi connectivity index (χ3v) is 10.2. The molecule has 0 unspecified atom stereocenters. The van der Waals surface area contributed by atoms with E-state index in [4.69, 9.17) is 0 Å². The van der Waals surface area contributed by atoms with Crippen LogP contribution in [0.15, 0.2) is 59.6 Å². The molecule has 2 aromatic carbocycles. The van der Waals surface area contributed by atoms with Gasteiger partial charge in [-0.15, -0.1) is 0 Å². The van der Waals surface area contributed by atoms with E-state index in [1.54, 1.807) is 41.3 Å². The zero-order chi connectivity index (χ0) is 27.1. The highest BCUT2D eigenvalue weighted by molar-refractivity contribution is 7.89. The molecule has 2 aliphatic heterocycles. The number of fused-ring (bicyclic) bond motifs is 1. The van der Waals surface area contributed by atoms with E-state index >= 15 is 0 Å². The van der Waals surface area contributed by atoms with Gasteiger partial charge in [-0.25, -0.2) is 21.2 Å². The molecular formula is C25H28FN5O5S2. The van der Waals surface area contributed by atoms with E-state index in [-0.39, 0.29) is 55.6 Å². The summed E-state index contributed by atoms with van der Waals surface area (Å²) in [7, 11) is -7.03. The number of hydrogen-bond donors (Lipinski definition) is 0. The molecular weight excluding hydrogens is 533 g/mol. The molecule has 0 bridgehead atoms. The van der Waals surface area contributed by atoms with Crippen LogP contribution in [0.5, 0.6) is 0 Å². The van der Waals surface area contributed by atoms with E-state index in [1.807, 2.05) is 4.90 Å². The fourth-order valence-corrected chi connectivity index (χ4v) is 7.20. The lowest BCUT2D eigenvalue weighted by atomic mass is 10.1. The number of pyridine rings is 1. The Morgan fingerprint density at radius 2 is 1.47 bits per heavy atom. The van der Waals surface area contributed by atoms with Crippen LogP contribution < -0.4 is 4.90 Å². The van der Waals surface area contributed by atoms with Crippen molar-refractivity contribution in [1.82, 2.24) is 18.5 Å². The molecule has 38 heavy (non-hydrogen) atoms. The summed E-state index contributed by atoms with van der Waals surface area (Å²) in [5.74, 6) is -0.802. The Morgan fingerprint density at radius 3 is 2.11 bits per heavy atom. The van der Waals surface area contributed by atoms with Gasteiger partial charge in [-0.1, -0.05) is 18.2 Å². The van der Waals surface area contributed by atoms with Crippen molar-refractivity contribution in [2.75, 3.05) is 63.5 Å². The van der Waals surface area contributed by atoms with Crippen molar-refractivity contribution < 1.29 is 26.0 Å². The standard InChI is InChI=1S/C25H28FN5O5S2/c1-37(33,34)30-13-11-29(12-14-30)25(32)22-18-27-23-8-7-19(26)17-21(23)24(22)28-9-15-31(16-10-28)38(35,36)20-5-3-2-4-6-20/h2-8,17-18H,9-16H2,1H3. The van der Waals surface area contributed by atoms with Crippen LogP contribution in [0.1, 0.15) is 10.4 Å². The molecule has 0 aliphatic carbocycles. The average Bonchev–Trinajstić information content (AvgIpc) is 2.92. The molecule has 0 N–H and O–H groups in total. The predicted octanol–water partition coefficient (Wildman–Crippen LogP) is 1.60. The quantitative estimate of drug-likeness (QED) is 0.465. The normalized spacial score (nSPS) is 18.2. The summed E-state index contributed by atoms with van der Waals surface area (Å²) in [5, 5.41) is 0.463. The third kappa shape index (κ3) is 5.10. The second kappa shape index (κ2) is 10.2. The number of anilines is 1. The molecule has 2 saturated heterocycles. The van der Waals surface area contributed by atoms with E-state index in [9.17, 15) is 26.0 Å². The van der Waals surface area contributed by atoms with Gasteiger partial charge >= 0.3 is 0 Å². The van der Waals surface area contributed by atoms with Crippen molar-refractivity contribution in [3.05, 3.63) is 66.1 Å². The summed E-state index contributed by atoms with van der Waals surface area (Å²) in [5.41, 5.74) is 1.29. The van der Waals surface area contributed by atoms with Crippen molar-refractivity contribution in [1.29, 1.82) is 0 Å². The van der Waals surface area contributed by atoms with Gasteiger partial charge in [-0.3, -0.25) is 9.78 Å². The Morgan fingerprint density at radius 1 is 0.842 bits per heavy atom. The number of rotatable bonds is 5. The minimum absolute atomic E-state index is 0.186. The number of nitrogens with zero attached hydrogens (tertiary/aromatic N) is 5. The summed E-state index contributed by atoms with van der Waals surface area (Å²) in [6, 6.07) is 12.4. The van der Waals surface area contributed by atoms with Crippen LogP contribution in [-0.4, -0.2) is 99.9 Å². The van der Waals surface area contributed by atoms with Gasteiger partial charge in [-0.2, -0.15) is 8.61 Å². The number of benzene rings is 2. The monoisotopic (exact) mass is 561 g/mol. The lowest BCUT2D eigenvalue weighted by Gasteiger charge is -2.38. The van der Waals surface area contributed by atoms with E-state index in [0.717, 1.165) is 6.26 Å². The highest BCUT2D eigenvalue weighted by Crippen LogP contribution is 2.33. The van der Waals surface area contributed by atoms with Gasteiger partial charge in [0.15, 0.2) is 0 Å². The lowest BCUT2D eigenvalue weighted by molar-refractivity contribution is 0.0698. The summed E-state index contributed by atoms with van der Waals surface area (Å²) >= 11 is 0. The second-order valence-electron chi connectivity index (χ2n) is 9.34. The second-order valence-corrected chi connectivity index (χ2v) is 13.3. The molecule has 0 spiro atoms. The smallest absolute Gasteiger partial charge is 0.257 e. The molecule has 202 valence electrons. The predicted molar refractivity (Wildman–Crippen MR) is 141 cm³/mol. The van der Waals surface area contributed by atoms with Crippen LogP contribution in [0.3, 0.4) is 0 Å². The SMILES string of the molecule is CS(=O)(=O)N1CCN(C(=O)c2cnc3ccc(F)cc3c2N2CCN(S(=O)(=O)c3ccccc3)CC2)CC1. The maximum Gasteiger partial charge on any atom is 0.257 e. The molecule has 1 aromatic heterocycles. The van der Waals surface area contributed by atoms with Gasteiger partial charge in [-0.05, 0) is 30.3 Å². The maximum atomic E-state index is 14.3. The first-order valence-electron chi connectivity index (χ1n) is 12.2. The first kappa shape index (κ1) is 26.5. The Kier molecular flexibility index (Phi) is 7.11. The van der Waals surface area contributed by atoms with E-state index in [2.05, 4.69) is 4.98 Å². The number of carbonyl (C=O) groups is 1. The number of piperazine rings is 2. The van der Waals surface area contributed by atoms with E-state index in [1.165, 1.54) is 26.9 Å². The van der Waals surface area contributed by atoms with Gasteiger partial charge in [0, 0.05) is 63.9 Å². The van der Waals surface area contributed by atoms with Gasteiger partial charge in [0.1, 0.15) is 5.82 Å². The highest BCUT2D eigenvalue weighted by atomic mass is 32.2. The third-order valence-electron chi connectivity index (χ3n) is 6.96. The molecule has 13 heteroatoms. The number of hydrogen-bond acceptors (Lipinski definition) is 7. The molecule has 0 saturated carbocycles. The Labute approximate surface area is 221 Å². The largest absolute Gasteiger partial charge is 0.368 e. The molecule has 5 rings (SSSR count). The number of amides is 1. The number of halogens is 1. The average molecular weight is 562 g/mol. The summed E-state index contributed by atoms with van der Waals surface area (Å²) in [6.45, 7) is 1.78. The Balaban J connectivity index is 1.44. The minimum Gasteiger partial charge on any atom is -0.368 e. The molecule has 0 radical (unpaired) electrons. The van der Waals surface area contributed by atoms with Crippen molar-refractivity contribution in [2.24, 2.45) is 0 Å². The van der Waals surface area contributed by atoms with Gasteiger partial charge in [0.25, 0.3) is 5.91 Å². The van der Waals surface area contributed by atoms with Crippen LogP contribution in [0.2, 0.25) is 0 Å². The van der Waals surface area contributed by atoms with Gasteiger partial charge in [0.2, 0.25) is 20.0 Å². The molecule has 1 amide bonds. The summed E-state index contributed by atoms with van der Waals surface area (Å²) in [6.07, 6.45) is 2.61. The van der Waals surface area contributed by atoms with E-state index in [0.29, 0.717) is 29.7 Å². The fourth-order valence-electron chi connectivity index (χ4n) is 4.93. The van der Waals surface area contributed by atoms with Crippen molar-refractivity contribution in [3.63, 3.8) is 0 Å². The zero-order valence-electron chi connectivity index (χ0n) is 20.8. The maximum absolute atomic E-state index is 14.3. The van der Waals surface area contributed by atoms with Gasteiger partial charge < -0.3 is 9.80 Å². The van der Waals surface area contributed by atoms with Gasteiger partial charge in [0.05, 0.1) is 27.9 Å². The zero-order valence-corrected chi connectivity index (χ0v) is 22.5. The first-order chi connectivity index (χ1) is 18.1. The minimum atomic E-state index is -3.67. The Bertz CT molecular complexity index is 1570. The van der Waals surface area contributed by atoms with Crippen molar-refractivity contribution in [2.45, 2.75) is 4.90 Å². The molecule has 3 aromatic rings. The molecule has 10 nitrogen and oxygen atoms in total. The van der Waals surface area contributed by atoms with Crippen LogP contribution in [0.25, 0.3) is 10.9 Å². The van der Waals surface area contributed by atoms with Crippen LogP contribution in [0.4, 0.5) is 10.1 Å².